The third-order valence-corrected chi connectivity index (χ3v) is 9.70. The molecular weight excluding hydrogens is 512 g/mol. The minimum atomic E-state index is -0.889. The number of rotatable bonds is 6. The standard InChI is InChI=1S/C34H40N4O3/c39-33(35-15-20-36-16-5-2-6-17-36)29-21-24-11-7-12-27-31(24)38(29)19-8-18-37-28-22-25(34(40)41)13-14-26(28)30(32(27)37)23-9-3-1-4-10-23/h7,11-14,21-23H,1-6,8-10,15-20H2,(H,35,39)(H,40,41). The quantitative estimate of drug-likeness (QED) is 0.281. The first-order valence-electron chi connectivity index (χ1n) is 15.6. The second-order valence-corrected chi connectivity index (χ2v) is 12.2. The van der Waals surface area contributed by atoms with Gasteiger partial charge in [-0.2, -0.15) is 0 Å². The molecule has 0 atom stereocenters. The Morgan fingerprint density at radius 2 is 1.63 bits per heavy atom. The summed E-state index contributed by atoms with van der Waals surface area (Å²) in [6.45, 7) is 5.35. The van der Waals surface area contributed by atoms with Crippen LogP contribution in [0.2, 0.25) is 0 Å². The molecule has 2 aliphatic heterocycles. The van der Waals surface area contributed by atoms with E-state index in [4.69, 9.17) is 0 Å². The van der Waals surface area contributed by atoms with Crippen molar-refractivity contribution in [1.82, 2.24) is 19.4 Å². The molecular formula is C34H40N4O3. The van der Waals surface area contributed by atoms with Crippen LogP contribution in [0.5, 0.6) is 0 Å². The Hall–Kier alpha value is -3.58. The Morgan fingerprint density at radius 1 is 0.854 bits per heavy atom. The monoisotopic (exact) mass is 552 g/mol. The number of carbonyl (C=O) groups excluding carboxylic acids is 1. The Kier molecular flexibility index (Phi) is 7.07. The lowest BCUT2D eigenvalue weighted by atomic mass is 9.81. The van der Waals surface area contributed by atoms with Crippen molar-refractivity contribution < 1.29 is 14.7 Å². The Bertz CT molecular complexity index is 1620. The summed E-state index contributed by atoms with van der Waals surface area (Å²) in [7, 11) is 0. The number of amides is 1. The van der Waals surface area contributed by atoms with Gasteiger partial charge in [0.1, 0.15) is 5.69 Å². The number of hydrogen-bond acceptors (Lipinski definition) is 3. The number of nitrogens with zero attached hydrogens (tertiary/aromatic N) is 3. The molecule has 2 N–H and O–H groups in total. The fourth-order valence-corrected chi connectivity index (χ4v) is 7.76. The van der Waals surface area contributed by atoms with Crippen molar-refractivity contribution in [2.45, 2.75) is 76.8 Å². The lowest BCUT2D eigenvalue weighted by Gasteiger charge is -2.26. The predicted octanol–water partition coefficient (Wildman–Crippen LogP) is 6.63. The number of aryl methyl sites for hydroxylation is 2. The summed E-state index contributed by atoms with van der Waals surface area (Å²) in [6.07, 6.45) is 10.7. The molecule has 0 bridgehead atoms. The second kappa shape index (κ2) is 11.0. The van der Waals surface area contributed by atoms with Crippen molar-refractivity contribution in [2.75, 3.05) is 26.2 Å². The minimum absolute atomic E-state index is 0.00359. The summed E-state index contributed by atoms with van der Waals surface area (Å²) < 4.78 is 4.63. The number of fused-ring (bicyclic) bond motifs is 4. The molecule has 0 radical (unpaired) electrons. The molecule has 1 aliphatic carbocycles. The van der Waals surface area contributed by atoms with E-state index in [1.807, 2.05) is 12.1 Å². The molecule has 2 aromatic carbocycles. The van der Waals surface area contributed by atoms with Crippen molar-refractivity contribution in [3.05, 3.63) is 59.3 Å². The van der Waals surface area contributed by atoms with E-state index in [0.29, 0.717) is 18.0 Å². The molecule has 41 heavy (non-hydrogen) atoms. The highest BCUT2D eigenvalue weighted by Gasteiger charge is 2.30. The van der Waals surface area contributed by atoms with Gasteiger partial charge in [0.15, 0.2) is 0 Å². The molecule has 0 spiro atoms. The van der Waals surface area contributed by atoms with Crippen LogP contribution in [0.4, 0.5) is 0 Å². The Balaban J connectivity index is 1.34. The summed E-state index contributed by atoms with van der Waals surface area (Å²) in [4.78, 5) is 28.0. The van der Waals surface area contributed by atoms with E-state index in [1.54, 1.807) is 6.07 Å². The molecule has 0 unspecified atom stereocenters. The van der Waals surface area contributed by atoms with Crippen LogP contribution < -0.4 is 5.32 Å². The number of aromatic nitrogens is 2. The molecule has 1 saturated carbocycles. The SMILES string of the molecule is O=C(O)c1ccc2c(C3CCCCC3)c3n(c2c1)CCCn1c(C(=O)NCCN2CCCCC2)cc2cccc-3c21. The van der Waals surface area contributed by atoms with E-state index in [9.17, 15) is 14.7 Å². The average Bonchev–Trinajstić information content (AvgIpc) is 3.52. The van der Waals surface area contributed by atoms with Crippen LogP contribution in [0.3, 0.4) is 0 Å². The van der Waals surface area contributed by atoms with Crippen LogP contribution in [0.25, 0.3) is 33.1 Å². The van der Waals surface area contributed by atoms with Gasteiger partial charge in [0.2, 0.25) is 0 Å². The number of piperidine rings is 1. The van der Waals surface area contributed by atoms with Gasteiger partial charge in [-0.1, -0.05) is 49.9 Å². The molecule has 7 heteroatoms. The summed E-state index contributed by atoms with van der Waals surface area (Å²) >= 11 is 0. The van der Waals surface area contributed by atoms with Gasteiger partial charge in [-0.25, -0.2) is 4.79 Å². The normalized spacial score (nSPS) is 18.2. The van der Waals surface area contributed by atoms with Crippen LogP contribution in [0.1, 0.15) is 90.1 Å². The molecule has 1 saturated heterocycles. The fraction of sp³-hybridized carbons (Fsp3) is 0.471. The number of para-hydroxylation sites is 1. The van der Waals surface area contributed by atoms with E-state index in [2.05, 4.69) is 43.6 Å². The number of carbonyl (C=O) groups is 2. The summed E-state index contributed by atoms with van der Waals surface area (Å²) in [5.41, 5.74) is 6.95. The first-order valence-corrected chi connectivity index (χ1v) is 15.6. The number of carboxylic acids is 1. The zero-order valence-electron chi connectivity index (χ0n) is 23.8. The highest BCUT2D eigenvalue weighted by atomic mass is 16.4. The van der Waals surface area contributed by atoms with Gasteiger partial charge < -0.3 is 24.5 Å². The molecule has 2 fully saturated rings. The molecule has 4 aromatic rings. The molecule has 214 valence electrons. The number of hydrogen-bond donors (Lipinski definition) is 2. The number of benzene rings is 2. The smallest absolute Gasteiger partial charge is 0.335 e. The fourth-order valence-electron chi connectivity index (χ4n) is 7.76. The number of likely N-dealkylation sites (tertiary alicyclic amines) is 1. The van der Waals surface area contributed by atoms with Crippen molar-refractivity contribution in [3.63, 3.8) is 0 Å². The van der Waals surface area contributed by atoms with E-state index in [0.717, 1.165) is 79.7 Å². The first kappa shape index (κ1) is 26.3. The van der Waals surface area contributed by atoms with Crippen LogP contribution in [-0.4, -0.2) is 57.2 Å². The number of nitrogens with one attached hydrogen (secondary N) is 1. The molecule has 7 rings (SSSR count). The van der Waals surface area contributed by atoms with Gasteiger partial charge in [0.25, 0.3) is 5.91 Å². The summed E-state index contributed by atoms with van der Waals surface area (Å²) in [6, 6.07) is 14.2. The van der Waals surface area contributed by atoms with Gasteiger partial charge in [0.05, 0.1) is 16.8 Å². The number of carboxylic acid groups (broad SMARTS) is 1. The predicted molar refractivity (Wildman–Crippen MR) is 163 cm³/mol. The highest BCUT2D eigenvalue weighted by Crippen LogP contribution is 2.46. The van der Waals surface area contributed by atoms with Gasteiger partial charge in [-0.3, -0.25) is 4.79 Å². The maximum atomic E-state index is 13.6. The Labute approximate surface area is 241 Å². The minimum Gasteiger partial charge on any atom is -0.478 e. The molecule has 2 aromatic heterocycles. The van der Waals surface area contributed by atoms with Gasteiger partial charge in [-0.15, -0.1) is 0 Å². The van der Waals surface area contributed by atoms with Crippen molar-refractivity contribution >= 4 is 33.7 Å². The average molecular weight is 553 g/mol. The van der Waals surface area contributed by atoms with Crippen LogP contribution in [0.15, 0.2) is 42.5 Å². The van der Waals surface area contributed by atoms with E-state index in [-0.39, 0.29) is 5.91 Å². The third-order valence-electron chi connectivity index (χ3n) is 9.70. The first-order chi connectivity index (χ1) is 20.1. The maximum Gasteiger partial charge on any atom is 0.335 e. The lowest BCUT2D eigenvalue weighted by Crippen LogP contribution is -2.38. The largest absolute Gasteiger partial charge is 0.478 e. The van der Waals surface area contributed by atoms with E-state index < -0.39 is 5.97 Å². The summed E-state index contributed by atoms with van der Waals surface area (Å²) in [5, 5.41) is 15.3. The van der Waals surface area contributed by atoms with E-state index in [1.165, 1.54) is 55.2 Å². The molecule has 7 nitrogen and oxygen atoms in total. The van der Waals surface area contributed by atoms with Crippen LogP contribution in [-0.2, 0) is 13.1 Å². The molecule has 1 amide bonds. The van der Waals surface area contributed by atoms with Gasteiger partial charge in [0, 0.05) is 48.0 Å². The maximum absolute atomic E-state index is 13.6. The summed E-state index contributed by atoms with van der Waals surface area (Å²) in [5.74, 6) is -0.433. The molecule has 4 heterocycles. The van der Waals surface area contributed by atoms with Crippen LogP contribution in [0, 0.1) is 0 Å². The Morgan fingerprint density at radius 3 is 2.44 bits per heavy atom. The lowest BCUT2D eigenvalue weighted by molar-refractivity contribution is 0.0696. The molecule has 3 aliphatic rings. The van der Waals surface area contributed by atoms with E-state index >= 15 is 0 Å². The highest BCUT2D eigenvalue weighted by molar-refractivity contribution is 6.06. The number of aromatic carboxylic acids is 1. The topological polar surface area (TPSA) is 79.5 Å². The van der Waals surface area contributed by atoms with Crippen molar-refractivity contribution in [3.8, 4) is 11.3 Å². The van der Waals surface area contributed by atoms with Crippen LogP contribution >= 0.6 is 0 Å². The third kappa shape index (κ3) is 4.74. The van der Waals surface area contributed by atoms with Gasteiger partial charge in [-0.05, 0) is 74.9 Å². The van der Waals surface area contributed by atoms with Crippen molar-refractivity contribution in [1.29, 1.82) is 0 Å². The second-order valence-electron chi connectivity index (χ2n) is 12.2. The van der Waals surface area contributed by atoms with Gasteiger partial charge >= 0.3 is 5.97 Å². The zero-order valence-corrected chi connectivity index (χ0v) is 23.8. The zero-order chi connectivity index (χ0) is 27.9. The van der Waals surface area contributed by atoms with Crippen molar-refractivity contribution in [2.24, 2.45) is 0 Å².